The van der Waals surface area contributed by atoms with Crippen LogP contribution in [0.5, 0.6) is 11.5 Å². The van der Waals surface area contributed by atoms with E-state index in [0.717, 1.165) is 5.56 Å². The first-order valence-electron chi connectivity index (χ1n) is 10.8. The number of hydrogen-bond donors (Lipinski definition) is 1. The number of aromatic nitrogens is 1. The van der Waals surface area contributed by atoms with Crippen molar-refractivity contribution in [3.05, 3.63) is 71.6 Å². The van der Waals surface area contributed by atoms with Gasteiger partial charge in [0.2, 0.25) is 11.8 Å². The predicted molar refractivity (Wildman–Crippen MR) is 122 cm³/mol. The highest BCUT2D eigenvalue weighted by molar-refractivity contribution is 5.97. The monoisotopic (exact) mass is 449 g/mol. The van der Waals surface area contributed by atoms with Crippen molar-refractivity contribution >= 4 is 17.5 Å². The molecule has 1 fully saturated rings. The third kappa shape index (κ3) is 4.69. The maximum Gasteiger partial charge on any atom is 0.227 e. The fourth-order valence-corrected chi connectivity index (χ4v) is 4.29. The first-order chi connectivity index (χ1) is 16.0. The van der Waals surface area contributed by atoms with Crippen molar-refractivity contribution in [1.82, 2.24) is 10.5 Å². The van der Waals surface area contributed by atoms with Gasteiger partial charge in [0.25, 0.3) is 0 Å². The molecule has 1 aliphatic rings. The van der Waals surface area contributed by atoms with Crippen LogP contribution in [0.4, 0.5) is 5.69 Å². The van der Waals surface area contributed by atoms with Gasteiger partial charge in [0.1, 0.15) is 23.0 Å². The predicted octanol–water partition coefficient (Wildman–Crippen LogP) is 3.80. The molecule has 3 aromatic rings. The molecule has 0 spiro atoms. The number of aryl methyl sites for hydroxylation is 1. The summed E-state index contributed by atoms with van der Waals surface area (Å²) >= 11 is 0. The Morgan fingerprint density at radius 3 is 2.58 bits per heavy atom. The van der Waals surface area contributed by atoms with Gasteiger partial charge in [-0.25, -0.2) is 0 Å². The highest BCUT2D eigenvalue weighted by atomic mass is 16.5. The number of benzene rings is 2. The largest absolute Gasteiger partial charge is 0.497 e. The van der Waals surface area contributed by atoms with Crippen LogP contribution in [0.25, 0.3) is 0 Å². The minimum atomic E-state index is -0.533. The van der Waals surface area contributed by atoms with Crippen molar-refractivity contribution in [2.75, 3.05) is 19.1 Å². The Balaban J connectivity index is 1.71. The van der Waals surface area contributed by atoms with Crippen LogP contribution in [-0.4, -0.2) is 31.2 Å². The normalized spacial score (nSPS) is 18.2. The number of ether oxygens (including phenoxy) is 2. The summed E-state index contributed by atoms with van der Waals surface area (Å²) in [5, 5.41) is 6.91. The Hall–Kier alpha value is -3.81. The molecule has 4 rings (SSSR count). The molecule has 1 aromatic heterocycles. The van der Waals surface area contributed by atoms with Crippen molar-refractivity contribution in [2.45, 2.75) is 32.4 Å². The van der Waals surface area contributed by atoms with Crippen LogP contribution in [-0.2, 0) is 16.1 Å². The molecule has 0 radical (unpaired) electrons. The molecule has 2 heterocycles. The van der Waals surface area contributed by atoms with Gasteiger partial charge in [0, 0.05) is 23.7 Å². The van der Waals surface area contributed by atoms with Gasteiger partial charge >= 0.3 is 0 Å². The average Bonchev–Trinajstić information content (AvgIpc) is 3.27. The summed E-state index contributed by atoms with van der Waals surface area (Å²) in [6, 6.07) is 16.0. The van der Waals surface area contributed by atoms with Gasteiger partial charge < -0.3 is 24.2 Å². The zero-order valence-electron chi connectivity index (χ0n) is 18.9. The first-order valence-corrected chi connectivity index (χ1v) is 10.8. The summed E-state index contributed by atoms with van der Waals surface area (Å²) < 4.78 is 16.0. The van der Waals surface area contributed by atoms with E-state index < -0.39 is 12.0 Å². The second-order valence-corrected chi connectivity index (χ2v) is 7.94. The summed E-state index contributed by atoms with van der Waals surface area (Å²) in [4.78, 5) is 28.3. The molecule has 0 aliphatic carbocycles. The Morgan fingerprint density at radius 1 is 1.15 bits per heavy atom. The summed E-state index contributed by atoms with van der Waals surface area (Å²) in [6.45, 7) is 2.05. The SMILES string of the molecule is COc1ccc(N2C(=O)CCC(C(=O)NCc3cc(C)on3)C2c2ccccc2OC)cc1. The van der Waals surface area contributed by atoms with Crippen molar-refractivity contribution in [3.63, 3.8) is 0 Å². The molecule has 172 valence electrons. The maximum atomic E-state index is 13.4. The van der Waals surface area contributed by atoms with E-state index in [2.05, 4.69) is 10.5 Å². The molecule has 0 saturated carbocycles. The quantitative estimate of drug-likeness (QED) is 0.590. The van der Waals surface area contributed by atoms with Crippen LogP contribution >= 0.6 is 0 Å². The second-order valence-electron chi connectivity index (χ2n) is 7.94. The lowest BCUT2D eigenvalue weighted by molar-refractivity contribution is -0.129. The Bertz CT molecular complexity index is 1130. The lowest BCUT2D eigenvalue weighted by Crippen LogP contribution is -2.48. The zero-order valence-corrected chi connectivity index (χ0v) is 18.9. The summed E-state index contributed by atoms with van der Waals surface area (Å²) in [6.07, 6.45) is 0.691. The van der Waals surface area contributed by atoms with E-state index in [9.17, 15) is 9.59 Å². The van der Waals surface area contributed by atoms with E-state index in [1.54, 1.807) is 44.2 Å². The standard InChI is InChI=1S/C25H27N3O5/c1-16-14-17(27-33-16)15-26-25(30)21-12-13-23(29)28(18-8-10-19(31-2)11-9-18)24(21)20-6-4-5-7-22(20)32-3/h4-11,14,21,24H,12-13,15H2,1-3H3,(H,26,30). The summed E-state index contributed by atoms with van der Waals surface area (Å²) in [7, 11) is 3.18. The molecular weight excluding hydrogens is 422 g/mol. The Morgan fingerprint density at radius 2 is 1.91 bits per heavy atom. The fraction of sp³-hybridized carbons (Fsp3) is 0.320. The number of methoxy groups -OCH3 is 2. The third-order valence-corrected chi connectivity index (χ3v) is 5.86. The van der Waals surface area contributed by atoms with Crippen molar-refractivity contribution in [2.24, 2.45) is 5.92 Å². The minimum absolute atomic E-state index is 0.0488. The van der Waals surface area contributed by atoms with Gasteiger partial charge in [0.15, 0.2) is 0 Å². The zero-order chi connectivity index (χ0) is 23.4. The van der Waals surface area contributed by atoms with Crippen LogP contribution in [0.3, 0.4) is 0 Å². The number of carbonyl (C=O) groups is 2. The van der Waals surface area contributed by atoms with Crippen molar-refractivity contribution in [1.29, 1.82) is 0 Å². The van der Waals surface area contributed by atoms with Crippen molar-refractivity contribution < 1.29 is 23.6 Å². The topological polar surface area (TPSA) is 93.9 Å². The second kappa shape index (κ2) is 9.77. The van der Waals surface area contributed by atoms with Gasteiger partial charge in [-0.3, -0.25) is 9.59 Å². The van der Waals surface area contributed by atoms with Gasteiger partial charge in [-0.2, -0.15) is 0 Å². The molecule has 1 saturated heterocycles. The van der Waals surface area contributed by atoms with E-state index in [1.165, 1.54) is 0 Å². The summed E-state index contributed by atoms with van der Waals surface area (Å²) in [5.41, 5.74) is 2.12. The lowest BCUT2D eigenvalue weighted by Gasteiger charge is -2.41. The number of nitrogens with one attached hydrogen (secondary N) is 1. The van der Waals surface area contributed by atoms with E-state index >= 15 is 0 Å². The minimum Gasteiger partial charge on any atom is -0.497 e. The summed E-state index contributed by atoms with van der Waals surface area (Å²) in [5.74, 6) is 1.31. The van der Waals surface area contributed by atoms with E-state index in [-0.39, 0.29) is 24.8 Å². The molecule has 8 nitrogen and oxygen atoms in total. The van der Waals surface area contributed by atoms with Gasteiger partial charge in [-0.05, 0) is 43.7 Å². The molecule has 2 atom stereocenters. The maximum absolute atomic E-state index is 13.4. The van der Waals surface area contributed by atoms with Crippen LogP contribution in [0.1, 0.15) is 35.9 Å². The van der Waals surface area contributed by atoms with Gasteiger partial charge in [-0.1, -0.05) is 23.4 Å². The van der Waals surface area contributed by atoms with Crippen LogP contribution in [0.15, 0.2) is 59.1 Å². The first kappa shape index (κ1) is 22.4. The smallest absolute Gasteiger partial charge is 0.227 e. The number of piperidine rings is 1. The van der Waals surface area contributed by atoms with Crippen LogP contribution in [0, 0.1) is 12.8 Å². The molecular formula is C25H27N3O5. The highest BCUT2D eigenvalue weighted by Gasteiger charge is 2.42. The molecule has 8 heteroatoms. The third-order valence-electron chi connectivity index (χ3n) is 5.86. The van der Waals surface area contributed by atoms with E-state index in [1.807, 2.05) is 36.4 Å². The van der Waals surface area contributed by atoms with Crippen LogP contribution in [0.2, 0.25) is 0 Å². The number of hydrogen-bond acceptors (Lipinski definition) is 6. The Labute approximate surface area is 192 Å². The fourth-order valence-electron chi connectivity index (χ4n) is 4.29. The number of nitrogens with zero attached hydrogens (tertiary/aromatic N) is 2. The number of anilines is 1. The van der Waals surface area contributed by atoms with E-state index in [0.29, 0.717) is 35.1 Å². The molecule has 2 unspecified atom stereocenters. The number of para-hydroxylation sites is 1. The molecule has 1 N–H and O–H groups in total. The molecule has 33 heavy (non-hydrogen) atoms. The molecule has 1 aliphatic heterocycles. The van der Waals surface area contributed by atoms with Gasteiger partial charge in [-0.15, -0.1) is 0 Å². The van der Waals surface area contributed by atoms with E-state index in [4.69, 9.17) is 14.0 Å². The number of rotatable bonds is 7. The molecule has 2 aromatic carbocycles. The van der Waals surface area contributed by atoms with Crippen molar-refractivity contribution in [3.8, 4) is 11.5 Å². The lowest BCUT2D eigenvalue weighted by atomic mass is 9.82. The number of carbonyl (C=O) groups excluding carboxylic acids is 2. The average molecular weight is 450 g/mol. The van der Waals surface area contributed by atoms with Gasteiger partial charge in [0.05, 0.1) is 32.7 Å². The Kier molecular flexibility index (Phi) is 6.63. The molecule has 2 amide bonds. The van der Waals surface area contributed by atoms with Crippen LogP contribution < -0.4 is 19.7 Å². The highest BCUT2D eigenvalue weighted by Crippen LogP contribution is 2.43. The number of amides is 2. The molecule has 0 bridgehead atoms.